The van der Waals surface area contributed by atoms with E-state index in [4.69, 9.17) is 0 Å². The van der Waals surface area contributed by atoms with Gasteiger partial charge >= 0.3 is 12.4 Å². The van der Waals surface area contributed by atoms with Crippen molar-refractivity contribution in [3.05, 3.63) is 76.9 Å². The molecule has 3 aliphatic rings. The maximum Gasteiger partial charge on any atom is 0.416 e. The van der Waals surface area contributed by atoms with E-state index in [1.165, 1.54) is 5.56 Å². The lowest BCUT2D eigenvalue weighted by Gasteiger charge is -2.40. The summed E-state index contributed by atoms with van der Waals surface area (Å²) in [6, 6.07) is 12.5. The second kappa shape index (κ2) is 12.4. The first-order chi connectivity index (χ1) is 20.3. The Bertz CT molecular complexity index is 1270. The highest BCUT2D eigenvalue weighted by molar-refractivity contribution is 5.89. The number of nitrogens with zero attached hydrogens (tertiary/aromatic N) is 1. The average Bonchev–Trinajstić information content (AvgIpc) is 3.61. The lowest BCUT2D eigenvalue weighted by atomic mass is 9.76. The number of piperidine rings is 1. The molecule has 1 saturated heterocycles. The van der Waals surface area contributed by atoms with Gasteiger partial charge in [-0.05, 0) is 105 Å². The maximum absolute atomic E-state index is 13.8. The number of carbonyl (C=O) groups is 1. The highest BCUT2D eigenvalue weighted by atomic mass is 19.4. The number of halogens is 6. The van der Waals surface area contributed by atoms with Gasteiger partial charge in [0.1, 0.15) is 5.78 Å². The van der Waals surface area contributed by atoms with Crippen molar-refractivity contribution in [1.29, 1.82) is 0 Å². The standard InChI is InChI=1S/C35H41F6NO/c1-3-33(15-13-30(21-33)42-16-14-26(23(2)22-42)11-9-24-7-5-4-6-8-24)32(43)31-19-27(31)12-10-25-17-28(34(36,37)38)20-29(18-25)35(39,40)41/h4-9,11,17-18,20,23,26-27,30-31H,3,10,12-16,19,21-22H2,1-2H3/b11-9-/t23?,26-,27-,30?,31?,33?/m1/s1. The van der Waals surface area contributed by atoms with Crippen LogP contribution in [0.2, 0.25) is 0 Å². The number of allylic oxidation sites excluding steroid dienone is 1. The van der Waals surface area contributed by atoms with E-state index in [9.17, 15) is 31.1 Å². The Kier molecular flexibility index (Phi) is 9.18. The lowest BCUT2D eigenvalue weighted by Crippen LogP contribution is -2.44. The highest BCUT2D eigenvalue weighted by Gasteiger charge is 2.53. The van der Waals surface area contributed by atoms with Crippen molar-refractivity contribution in [2.24, 2.45) is 29.1 Å². The van der Waals surface area contributed by atoms with Crippen molar-refractivity contribution < 1.29 is 31.1 Å². The molecular weight excluding hydrogens is 564 g/mol. The van der Waals surface area contributed by atoms with Crippen LogP contribution < -0.4 is 0 Å². The van der Waals surface area contributed by atoms with Crippen molar-refractivity contribution in [2.45, 2.75) is 83.6 Å². The molecule has 0 spiro atoms. The molecule has 2 aliphatic carbocycles. The SMILES string of the molecule is CCC1(C(=O)C2C[C@H]2CCc2cc(C(F)(F)F)cc(C(F)(F)F)c2)CCC(N2CC[C@@H](/C=C\c3ccccc3)C(C)C2)C1. The van der Waals surface area contributed by atoms with E-state index in [-0.39, 0.29) is 41.1 Å². The number of ketones is 1. The molecule has 4 unspecified atom stereocenters. The summed E-state index contributed by atoms with van der Waals surface area (Å²) in [7, 11) is 0. The largest absolute Gasteiger partial charge is 0.416 e. The molecule has 2 aromatic carbocycles. The zero-order chi connectivity index (χ0) is 31.0. The molecule has 0 radical (unpaired) electrons. The monoisotopic (exact) mass is 605 g/mol. The van der Waals surface area contributed by atoms with Gasteiger partial charge in [0.2, 0.25) is 0 Å². The zero-order valence-corrected chi connectivity index (χ0v) is 24.9. The summed E-state index contributed by atoms with van der Waals surface area (Å²) >= 11 is 0. The number of likely N-dealkylation sites (tertiary alicyclic amines) is 1. The smallest absolute Gasteiger partial charge is 0.300 e. The number of carbonyl (C=O) groups excluding carboxylic acids is 1. The fourth-order valence-electron chi connectivity index (χ4n) is 7.54. The van der Waals surface area contributed by atoms with E-state index in [2.05, 4.69) is 43.0 Å². The van der Waals surface area contributed by atoms with Crippen molar-refractivity contribution in [2.75, 3.05) is 13.1 Å². The molecule has 0 bridgehead atoms. The van der Waals surface area contributed by atoms with E-state index in [0.717, 1.165) is 57.3 Å². The Morgan fingerprint density at radius 1 is 1.00 bits per heavy atom. The van der Waals surface area contributed by atoms with Crippen LogP contribution >= 0.6 is 0 Å². The summed E-state index contributed by atoms with van der Waals surface area (Å²) in [6.07, 6.45) is 0.541. The van der Waals surface area contributed by atoms with Crippen LogP contribution in [0.4, 0.5) is 26.3 Å². The highest BCUT2D eigenvalue weighted by Crippen LogP contribution is 2.53. The first kappa shape index (κ1) is 31.8. The summed E-state index contributed by atoms with van der Waals surface area (Å²) in [5.41, 5.74) is -1.72. The van der Waals surface area contributed by atoms with Crippen LogP contribution in [0.25, 0.3) is 6.08 Å². The molecule has 2 aromatic rings. The molecule has 43 heavy (non-hydrogen) atoms. The predicted molar refractivity (Wildman–Crippen MR) is 156 cm³/mol. The molecular formula is C35H41F6NO. The van der Waals surface area contributed by atoms with Crippen LogP contribution in [-0.4, -0.2) is 29.8 Å². The van der Waals surface area contributed by atoms with Gasteiger partial charge in [-0.2, -0.15) is 26.3 Å². The zero-order valence-electron chi connectivity index (χ0n) is 24.9. The first-order valence-electron chi connectivity index (χ1n) is 15.6. The predicted octanol–water partition coefficient (Wildman–Crippen LogP) is 9.48. The Labute approximate surface area is 250 Å². The topological polar surface area (TPSA) is 20.3 Å². The van der Waals surface area contributed by atoms with E-state index >= 15 is 0 Å². The minimum absolute atomic E-state index is 0.0162. The van der Waals surface area contributed by atoms with Crippen LogP contribution in [-0.2, 0) is 23.6 Å². The summed E-state index contributed by atoms with van der Waals surface area (Å²) in [5, 5.41) is 0. The summed E-state index contributed by atoms with van der Waals surface area (Å²) in [5.74, 6) is 1.18. The lowest BCUT2D eigenvalue weighted by molar-refractivity contribution is -0.143. The number of benzene rings is 2. The molecule has 0 amide bonds. The molecule has 5 rings (SSSR count). The minimum atomic E-state index is -4.85. The van der Waals surface area contributed by atoms with Crippen molar-refractivity contribution in [1.82, 2.24) is 4.90 Å². The molecule has 8 heteroatoms. The van der Waals surface area contributed by atoms with E-state index in [0.29, 0.717) is 30.7 Å². The van der Waals surface area contributed by atoms with Crippen LogP contribution in [0.3, 0.4) is 0 Å². The van der Waals surface area contributed by atoms with Gasteiger partial charge in [-0.15, -0.1) is 0 Å². The van der Waals surface area contributed by atoms with Gasteiger partial charge in [0.25, 0.3) is 0 Å². The Morgan fingerprint density at radius 3 is 2.28 bits per heavy atom. The van der Waals surface area contributed by atoms with Crippen molar-refractivity contribution in [3.8, 4) is 0 Å². The van der Waals surface area contributed by atoms with Crippen LogP contribution in [0.1, 0.15) is 81.0 Å². The Hall–Kier alpha value is -2.61. The maximum atomic E-state index is 13.8. The molecule has 1 aliphatic heterocycles. The van der Waals surface area contributed by atoms with Gasteiger partial charge < -0.3 is 4.90 Å². The van der Waals surface area contributed by atoms with Crippen LogP contribution in [0.15, 0.2) is 54.6 Å². The fraction of sp³-hybridized carbons (Fsp3) is 0.571. The third kappa shape index (κ3) is 7.38. The molecule has 0 aromatic heterocycles. The Morgan fingerprint density at radius 2 is 1.67 bits per heavy atom. The van der Waals surface area contributed by atoms with Crippen molar-refractivity contribution in [3.63, 3.8) is 0 Å². The van der Waals surface area contributed by atoms with Gasteiger partial charge in [0, 0.05) is 23.9 Å². The second-order valence-electron chi connectivity index (χ2n) is 13.1. The van der Waals surface area contributed by atoms with Gasteiger partial charge in [0.05, 0.1) is 11.1 Å². The third-order valence-electron chi connectivity index (χ3n) is 10.3. The summed E-state index contributed by atoms with van der Waals surface area (Å²) in [6.45, 7) is 6.39. The quantitative estimate of drug-likeness (QED) is 0.266. The van der Waals surface area contributed by atoms with Gasteiger partial charge in [0.15, 0.2) is 0 Å². The normalized spacial score (nSPS) is 30.2. The molecule has 6 atom stereocenters. The second-order valence-corrected chi connectivity index (χ2v) is 13.1. The number of hydrogen-bond donors (Lipinski definition) is 0. The summed E-state index contributed by atoms with van der Waals surface area (Å²) < 4.78 is 79.5. The van der Waals surface area contributed by atoms with Crippen molar-refractivity contribution >= 4 is 11.9 Å². The van der Waals surface area contributed by atoms with Gasteiger partial charge in [-0.25, -0.2) is 0 Å². The number of aryl methyl sites for hydroxylation is 1. The molecule has 2 saturated carbocycles. The molecule has 3 fully saturated rings. The average molecular weight is 606 g/mol. The van der Waals surface area contributed by atoms with E-state index in [1.54, 1.807) is 0 Å². The van der Waals surface area contributed by atoms with E-state index in [1.807, 2.05) is 18.2 Å². The fourth-order valence-corrected chi connectivity index (χ4v) is 7.54. The number of alkyl halides is 6. The Balaban J connectivity index is 1.16. The van der Waals surface area contributed by atoms with Gasteiger partial charge in [-0.3, -0.25) is 4.79 Å². The molecule has 2 nitrogen and oxygen atoms in total. The van der Waals surface area contributed by atoms with E-state index < -0.39 is 23.5 Å². The summed E-state index contributed by atoms with van der Waals surface area (Å²) in [4.78, 5) is 16.4. The number of Topliss-reactive ketones (excluding diaryl/α,β-unsaturated/α-hetero) is 1. The molecule has 0 N–H and O–H groups in total. The molecule has 234 valence electrons. The number of rotatable bonds is 9. The van der Waals surface area contributed by atoms with Gasteiger partial charge in [-0.1, -0.05) is 56.3 Å². The first-order valence-corrected chi connectivity index (χ1v) is 15.6. The van der Waals surface area contributed by atoms with Crippen LogP contribution in [0, 0.1) is 29.1 Å². The number of hydrogen-bond acceptors (Lipinski definition) is 2. The molecule has 1 heterocycles. The van der Waals surface area contributed by atoms with Crippen LogP contribution in [0.5, 0.6) is 0 Å². The minimum Gasteiger partial charge on any atom is -0.300 e. The third-order valence-corrected chi connectivity index (χ3v) is 10.3.